The molecule has 0 bridgehead atoms. The minimum Gasteiger partial charge on any atom is -0.619 e. The molecule has 14 nitrogen and oxygen atoms in total. The third kappa shape index (κ3) is 9.89. The minimum atomic E-state index is -3.93. The van der Waals surface area contributed by atoms with E-state index in [0.29, 0.717) is 21.1 Å². The van der Waals surface area contributed by atoms with Gasteiger partial charge in [-0.15, -0.1) is 0 Å². The molecule has 290 valence electrons. The highest BCUT2D eigenvalue weighted by Gasteiger charge is 2.38. The van der Waals surface area contributed by atoms with Crippen molar-refractivity contribution < 1.29 is 55.3 Å². The first-order valence-electron chi connectivity index (χ1n) is 16.7. The fourth-order valence-corrected chi connectivity index (χ4v) is 7.34. The number of carbonyl (C=O) groups is 3. The zero-order chi connectivity index (χ0) is 39.4. The largest absolute Gasteiger partial charge is 0.619 e. The van der Waals surface area contributed by atoms with Crippen molar-refractivity contribution in [3.63, 3.8) is 0 Å². The van der Waals surface area contributed by atoms with Gasteiger partial charge in [-0.05, 0) is 60.7 Å². The van der Waals surface area contributed by atoms with E-state index in [1.165, 1.54) is 49.7 Å². The van der Waals surface area contributed by atoms with Crippen LogP contribution >= 0.6 is 23.2 Å². The third-order valence-corrected chi connectivity index (χ3v) is 10.6. The van der Waals surface area contributed by atoms with Gasteiger partial charge in [0.1, 0.15) is 28.4 Å². The zero-order valence-electron chi connectivity index (χ0n) is 28.9. The number of hydrogen-bond donors (Lipinski definition) is 1. The highest BCUT2D eigenvalue weighted by molar-refractivity contribution is 7.92. The first-order valence-corrected chi connectivity index (χ1v) is 19.1. The average Bonchev–Trinajstić information content (AvgIpc) is 3.94. The van der Waals surface area contributed by atoms with Gasteiger partial charge in [0, 0.05) is 42.0 Å². The van der Waals surface area contributed by atoms with Crippen LogP contribution in [0.1, 0.15) is 56.5 Å². The number of hydrogen-bond acceptors (Lipinski definition) is 11. The molecule has 2 aromatic carbocycles. The van der Waals surface area contributed by atoms with Crippen molar-refractivity contribution >= 4 is 56.7 Å². The first kappa shape index (κ1) is 39.4. The van der Waals surface area contributed by atoms with Crippen molar-refractivity contribution in [3.8, 4) is 17.2 Å². The standard InChI is InChI=1S/C36H32Cl2F2N4O10S/c1-51-24-8-10-41-22(13-24)9-11-55(49,50)42-23-5-6-25-26(14-23)35(47)44(34(25)46)18-33(45)53-31(15-27-28(37)16-43(48)17-29(27)38)21-4-7-30(54-36(39)40)32(12-21)52-19-20-2-3-20/h4-8,10,12-14,16-17,20,31,36,42H,2-3,9,11,15,18-19H2,1H3/t31-/m0/s1. The van der Waals surface area contributed by atoms with E-state index in [1.807, 2.05) is 0 Å². The van der Waals surface area contributed by atoms with Crippen molar-refractivity contribution in [1.29, 1.82) is 0 Å². The smallest absolute Gasteiger partial charge is 0.387 e. The molecule has 0 saturated heterocycles. The monoisotopic (exact) mass is 820 g/mol. The predicted molar refractivity (Wildman–Crippen MR) is 193 cm³/mol. The fraction of sp³-hybridized carbons (Fsp3) is 0.306. The number of ether oxygens (including phenoxy) is 4. The van der Waals surface area contributed by atoms with Crippen LogP contribution in [-0.2, 0) is 32.4 Å². The molecule has 0 unspecified atom stereocenters. The van der Waals surface area contributed by atoms with Gasteiger partial charge in [-0.1, -0.05) is 29.3 Å². The van der Waals surface area contributed by atoms with E-state index >= 15 is 0 Å². The molecule has 0 spiro atoms. The number of pyridine rings is 2. The van der Waals surface area contributed by atoms with Gasteiger partial charge in [0.15, 0.2) is 23.9 Å². The lowest BCUT2D eigenvalue weighted by Gasteiger charge is -2.22. The predicted octanol–water partition coefficient (Wildman–Crippen LogP) is 5.53. The summed E-state index contributed by atoms with van der Waals surface area (Å²) in [6.45, 7) is -3.77. The van der Waals surface area contributed by atoms with Crippen molar-refractivity contribution in [2.75, 3.05) is 30.7 Å². The number of alkyl halides is 2. The van der Waals surface area contributed by atoms with Crippen LogP contribution in [0.5, 0.6) is 17.2 Å². The lowest BCUT2D eigenvalue weighted by Crippen LogP contribution is -2.36. The maximum absolute atomic E-state index is 13.5. The number of amides is 2. The Morgan fingerprint density at radius 1 is 1.04 bits per heavy atom. The van der Waals surface area contributed by atoms with Crippen molar-refractivity contribution in [1.82, 2.24) is 9.88 Å². The third-order valence-electron chi connectivity index (χ3n) is 8.63. The number of nitrogens with one attached hydrogen (secondary N) is 1. The number of imide groups is 1. The average molecular weight is 822 g/mol. The van der Waals surface area contributed by atoms with E-state index in [-0.39, 0.29) is 80.6 Å². The lowest BCUT2D eigenvalue weighted by atomic mass is 10.0. The number of carbonyl (C=O) groups excluding carboxylic acids is 3. The summed E-state index contributed by atoms with van der Waals surface area (Å²) < 4.78 is 76.3. The summed E-state index contributed by atoms with van der Waals surface area (Å²) in [5, 5.41) is 11.8. The number of aromatic nitrogens is 2. The van der Waals surface area contributed by atoms with Crippen LogP contribution in [0.25, 0.3) is 0 Å². The molecule has 6 rings (SSSR count). The van der Waals surface area contributed by atoms with E-state index in [0.717, 1.165) is 25.2 Å². The number of benzene rings is 2. The fourth-order valence-electron chi connectivity index (χ4n) is 5.67. The molecule has 1 saturated carbocycles. The molecule has 19 heteroatoms. The van der Waals surface area contributed by atoms with Gasteiger partial charge in [0.2, 0.25) is 10.0 Å². The molecular weight excluding hydrogens is 789 g/mol. The Kier molecular flexibility index (Phi) is 11.9. The number of fused-ring (bicyclic) bond motifs is 1. The number of anilines is 1. The van der Waals surface area contributed by atoms with E-state index in [9.17, 15) is 36.8 Å². The van der Waals surface area contributed by atoms with Crippen LogP contribution in [0, 0.1) is 11.1 Å². The number of methoxy groups -OCH3 is 1. The molecule has 3 heterocycles. The van der Waals surface area contributed by atoms with E-state index in [2.05, 4.69) is 14.4 Å². The zero-order valence-corrected chi connectivity index (χ0v) is 31.2. The Hall–Kier alpha value is -5.26. The van der Waals surface area contributed by atoms with Crippen molar-refractivity contribution in [2.45, 2.75) is 38.4 Å². The van der Waals surface area contributed by atoms with Crippen LogP contribution in [0.3, 0.4) is 0 Å². The van der Waals surface area contributed by atoms with Crippen LogP contribution < -0.4 is 23.7 Å². The second-order valence-corrected chi connectivity index (χ2v) is 15.3. The summed E-state index contributed by atoms with van der Waals surface area (Å²) in [5.74, 6) is -2.64. The molecule has 0 radical (unpaired) electrons. The number of sulfonamides is 1. The Balaban J connectivity index is 1.19. The van der Waals surface area contributed by atoms with E-state index in [4.69, 9.17) is 37.4 Å². The maximum atomic E-state index is 13.5. The highest BCUT2D eigenvalue weighted by Crippen LogP contribution is 2.38. The Labute approximate surface area is 323 Å². The molecular formula is C36H32Cl2F2N4O10S. The number of halogens is 4. The Morgan fingerprint density at radius 3 is 2.45 bits per heavy atom. The number of nitrogens with zero attached hydrogens (tertiary/aromatic N) is 3. The van der Waals surface area contributed by atoms with Gasteiger partial charge < -0.3 is 24.2 Å². The Bertz CT molecular complexity index is 2220. The summed E-state index contributed by atoms with van der Waals surface area (Å²) in [7, 11) is -2.46. The van der Waals surface area contributed by atoms with Crippen LogP contribution in [0.4, 0.5) is 14.5 Å². The van der Waals surface area contributed by atoms with Gasteiger partial charge in [-0.2, -0.15) is 13.5 Å². The number of aryl methyl sites for hydroxylation is 1. The van der Waals surface area contributed by atoms with Gasteiger partial charge in [0.05, 0.1) is 30.6 Å². The van der Waals surface area contributed by atoms with E-state index < -0.39 is 47.1 Å². The summed E-state index contributed by atoms with van der Waals surface area (Å²) >= 11 is 12.6. The van der Waals surface area contributed by atoms with Crippen molar-refractivity contribution in [2.24, 2.45) is 5.92 Å². The lowest BCUT2D eigenvalue weighted by molar-refractivity contribution is -0.605. The molecule has 1 aliphatic carbocycles. The topological polar surface area (TPSA) is 177 Å². The second-order valence-electron chi connectivity index (χ2n) is 12.6. The normalized spacial score (nSPS) is 14.5. The molecule has 1 N–H and O–H groups in total. The Morgan fingerprint density at radius 2 is 1.76 bits per heavy atom. The molecule has 1 atom stereocenters. The molecule has 2 aromatic heterocycles. The van der Waals surface area contributed by atoms with Crippen molar-refractivity contribution in [3.05, 3.63) is 110 Å². The minimum absolute atomic E-state index is 0.0120. The van der Waals surface area contributed by atoms with Gasteiger partial charge in [-0.3, -0.25) is 29.0 Å². The summed E-state index contributed by atoms with van der Waals surface area (Å²) in [6, 6.07) is 10.9. The SMILES string of the molecule is COc1ccnc(CCS(=O)(=O)Nc2ccc3c(c2)C(=O)N(CC(=O)O[C@@H](Cc2c(Cl)c[n+]([O-])cc2Cl)c2ccc(OC(F)F)c(OCC4CC4)c2)C3=O)c1. The van der Waals surface area contributed by atoms with Crippen LogP contribution in [0.15, 0.2) is 67.1 Å². The number of esters is 1. The quantitative estimate of drug-likeness (QED) is 0.0614. The van der Waals surface area contributed by atoms with Crippen LogP contribution in [-0.4, -0.2) is 68.7 Å². The molecule has 55 heavy (non-hydrogen) atoms. The van der Waals surface area contributed by atoms with Gasteiger partial charge in [0.25, 0.3) is 11.8 Å². The second kappa shape index (κ2) is 16.6. The number of rotatable bonds is 17. The molecule has 4 aromatic rings. The summed E-state index contributed by atoms with van der Waals surface area (Å²) in [4.78, 5) is 45.0. The van der Waals surface area contributed by atoms with E-state index in [1.54, 1.807) is 12.1 Å². The van der Waals surface area contributed by atoms with Gasteiger partial charge in [-0.25, -0.2) is 8.42 Å². The molecule has 1 fully saturated rings. The maximum Gasteiger partial charge on any atom is 0.387 e. The summed E-state index contributed by atoms with van der Waals surface area (Å²) in [5.41, 5.74) is 0.710. The van der Waals surface area contributed by atoms with Gasteiger partial charge >= 0.3 is 12.6 Å². The highest BCUT2D eigenvalue weighted by atomic mass is 35.5. The molecule has 2 amide bonds. The van der Waals surface area contributed by atoms with Crippen LogP contribution in [0.2, 0.25) is 10.0 Å². The molecule has 1 aliphatic heterocycles. The summed E-state index contributed by atoms with van der Waals surface area (Å²) in [6.07, 6.45) is 3.98. The molecule has 2 aliphatic rings. The first-order chi connectivity index (χ1) is 26.2.